The van der Waals surface area contributed by atoms with Crippen molar-refractivity contribution in [2.75, 3.05) is 7.05 Å². The van der Waals surface area contributed by atoms with Crippen molar-refractivity contribution in [1.29, 1.82) is 0 Å². The molecule has 1 atom stereocenters. The van der Waals surface area contributed by atoms with Crippen LogP contribution in [0.2, 0.25) is 0 Å². The number of benzene rings is 1. The molecule has 3 heteroatoms. The Morgan fingerprint density at radius 2 is 1.74 bits per heavy atom. The second-order valence-electron chi connectivity index (χ2n) is 5.38. The molecule has 1 unspecified atom stereocenters. The van der Waals surface area contributed by atoms with Gasteiger partial charge in [-0.15, -0.1) is 0 Å². The Labute approximate surface area is 115 Å². The number of nitrogens with one attached hydrogen (secondary N) is 1. The van der Waals surface area contributed by atoms with Crippen LogP contribution in [0.4, 0.5) is 0 Å². The minimum absolute atomic E-state index is 0.299. The SMILES string of the molecule is CNC(Cc1cc(C)cc(C)c1)c1cc(C)nn1C. The van der Waals surface area contributed by atoms with Gasteiger partial charge in [0.05, 0.1) is 17.4 Å². The van der Waals surface area contributed by atoms with Gasteiger partial charge in [-0.05, 0) is 45.9 Å². The van der Waals surface area contributed by atoms with E-state index in [1.165, 1.54) is 22.4 Å². The van der Waals surface area contributed by atoms with Crippen LogP contribution in [-0.2, 0) is 13.5 Å². The zero-order chi connectivity index (χ0) is 14.0. The molecule has 2 aromatic rings. The maximum Gasteiger partial charge on any atom is 0.0597 e. The molecule has 0 amide bonds. The first-order valence-corrected chi connectivity index (χ1v) is 6.74. The highest BCUT2D eigenvalue weighted by Gasteiger charge is 2.15. The van der Waals surface area contributed by atoms with Gasteiger partial charge in [0.25, 0.3) is 0 Å². The van der Waals surface area contributed by atoms with Gasteiger partial charge in [0, 0.05) is 7.05 Å². The van der Waals surface area contributed by atoms with E-state index < -0.39 is 0 Å². The van der Waals surface area contributed by atoms with Crippen LogP contribution in [0.3, 0.4) is 0 Å². The van der Waals surface area contributed by atoms with Crippen molar-refractivity contribution < 1.29 is 0 Å². The summed E-state index contributed by atoms with van der Waals surface area (Å²) < 4.78 is 1.97. The van der Waals surface area contributed by atoms with Gasteiger partial charge in [0.2, 0.25) is 0 Å². The molecule has 19 heavy (non-hydrogen) atoms. The monoisotopic (exact) mass is 257 g/mol. The second kappa shape index (κ2) is 5.57. The summed E-state index contributed by atoms with van der Waals surface area (Å²) in [6, 6.07) is 9.20. The van der Waals surface area contributed by atoms with Gasteiger partial charge in [-0.3, -0.25) is 4.68 Å². The molecule has 0 saturated heterocycles. The molecule has 1 aromatic heterocycles. The summed E-state index contributed by atoms with van der Waals surface area (Å²) in [5.74, 6) is 0. The van der Waals surface area contributed by atoms with Crippen LogP contribution in [0.15, 0.2) is 24.3 Å². The zero-order valence-electron chi connectivity index (χ0n) is 12.5. The molecular weight excluding hydrogens is 234 g/mol. The molecule has 0 spiro atoms. The fraction of sp³-hybridized carbons (Fsp3) is 0.438. The molecule has 1 heterocycles. The molecule has 0 radical (unpaired) electrons. The average Bonchev–Trinajstić information content (AvgIpc) is 2.64. The third-order valence-electron chi connectivity index (χ3n) is 3.46. The van der Waals surface area contributed by atoms with E-state index in [0.29, 0.717) is 6.04 Å². The third kappa shape index (κ3) is 3.24. The number of aryl methyl sites for hydroxylation is 4. The van der Waals surface area contributed by atoms with Crippen LogP contribution >= 0.6 is 0 Å². The molecule has 1 aromatic carbocycles. The number of rotatable bonds is 4. The summed E-state index contributed by atoms with van der Waals surface area (Å²) >= 11 is 0. The summed E-state index contributed by atoms with van der Waals surface area (Å²) in [6.45, 7) is 6.34. The molecule has 1 N–H and O–H groups in total. The number of hydrogen-bond acceptors (Lipinski definition) is 2. The van der Waals surface area contributed by atoms with Crippen LogP contribution in [0, 0.1) is 20.8 Å². The van der Waals surface area contributed by atoms with Crippen molar-refractivity contribution >= 4 is 0 Å². The van der Waals surface area contributed by atoms with Crippen molar-refractivity contribution in [2.45, 2.75) is 33.2 Å². The highest BCUT2D eigenvalue weighted by molar-refractivity contribution is 5.30. The summed E-state index contributed by atoms with van der Waals surface area (Å²) in [6.07, 6.45) is 0.984. The predicted octanol–water partition coefficient (Wildman–Crippen LogP) is 2.85. The Balaban J connectivity index is 2.26. The standard InChI is InChI=1S/C16H23N3/c1-11-6-12(2)8-14(7-11)10-15(17-4)16-9-13(3)18-19(16)5/h6-9,15,17H,10H2,1-5H3. The zero-order valence-corrected chi connectivity index (χ0v) is 12.5. The molecule has 102 valence electrons. The van der Waals surface area contributed by atoms with Gasteiger partial charge < -0.3 is 5.32 Å². The summed E-state index contributed by atoms with van der Waals surface area (Å²) in [7, 11) is 4.02. The van der Waals surface area contributed by atoms with Crippen molar-refractivity contribution in [3.63, 3.8) is 0 Å². The summed E-state index contributed by atoms with van der Waals surface area (Å²) in [4.78, 5) is 0. The van der Waals surface area contributed by atoms with Gasteiger partial charge in [0.15, 0.2) is 0 Å². The van der Waals surface area contributed by atoms with E-state index in [0.717, 1.165) is 12.1 Å². The predicted molar refractivity (Wildman–Crippen MR) is 79.4 cm³/mol. The lowest BCUT2D eigenvalue weighted by Gasteiger charge is -2.17. The number of aromatic nitrogens is 2. The molecule has 0 bridgehead atoms. The van der Waals surface area contributed by atoms with Crippen molar-refractivity contribution in [3.05, 3.63) is 52.3 Å². The van der Waals surface area contributed by atoms with E-state index in [-0.39, 0.29) is 0 Å². The van der Waals surface area contributed by atoms with Crippen LogP contribution in [0.5, 0.6) is 0 Å². The molecule has 0 fully saturated rings. The van der Waals surface area contributed by atoms with Crippen LogP contribution in [0.25, 0.3) is 0 Å². The Hall–Kier alpha value is -1.61. The first-order valence-electron chi connectivity index (χ1n) is 6.74. The number of hydrogen-bond donors (Lipinski definition) is 1. The fourth-order valence-corrected chi connectivity index (χ4v) is 2.73. The minimum atomic E-state index is 0.299. The molecule has 0 aliphatic carbocycles. The van der Waals surface area contributed by atoms with E-state index >= 15 is 0 Å². The lowest BCUT2D eigenvalue weighted by Crippen LogP contribution is -2.21. The first kappa shape index (κ1) is 13.8. The quantitative estimate of drug-likeness (QED) is 0.912. The van der Waals surface area contributed by atoms with Crippen LogP contribution in [0.1, 0.15) is 34.1 Å². The third-order valence-corrected chi connectivity index (χ3v) is 3.46. The Kier molecular flexibility index (Phi) is 4.05. The van der Waals surface area contributed by atoms with Gasteiger partial charge in [-0.1, -0.05) is 29.3 Å². The molecular formula is C16H23N3. The first-order chi connectivity index (χ1) is 8.99. The largest absolute Gasteiger partial charge is 0.311 e. The van der Waals surface area contributed by atoms with Crippen molar-refractivity contribution in [1.82, 2.24) is 15.1 Å². The average molecular weight is 257 g/mol. The van der Waals surface area contributed by atoms with E-state index in [9.17, 15) is 0 Å². The van der Waals surface area contributed by atoms with Crippen LogP contribution in [-0.4, -0.2) is 16.8 Å². The van der Waals surface area contributed by atoms with Gasteiger partial charge in [-0.25, -0.2) is 0 Å². The lowest BCUT2D eigenvalue weighted by atomic mass is 9.99. The lowest BCUT2D eigenvalue weighted by molar-refractivity contribution is 0.537. The smallest absolute Gasteiger partial charge is 0.0597 e. The van der Waals surface area contributed by atoms with E-state index in [4.69, 9.17) is 0 Å². The van der Waals surface area contributed by atoms with Crippen LogP contribution < -0.4 is 5.32 Å². The highest BCUT2D eigenvalue weighted by Crippen LogP contribution is 2.20. The maximum absolute atomic E-state index is 4.43. The molecule has 2 rings (SSSR count). The summed E-state index contributed by atoms with van der Waals surface area (Å²) in [5.41, 5.74) is 6.32. The molecule has 3 nitrogen and oxygen atoms in total. The second-order valence-corrected chi connectivity index (χ2v) is 5.38. The normalized spacial score (nSPS) is 12.7. The minimum Gasteiger partial charge on any atom is -0.311 e. The topological polar surface area (TPSA) is 29.9 Å². The molecule has 0 aliphatic heterocycles. The van der Waals surface area contributed by atoms with Crippen molar-refractivity contribution in [2.24, 2.45) is 7.05 Å². The fourth-order valence-electron chi connectivity index (χ4n) is 2.73. The van der Waals surface area contributed by atoms with Crippen molar-refractivity contribution in [3.8, 4) is 0 Å². The van der Waals surface area contributed by atoms with Gasteiger partial charge >= 0.3 is 0 Å². The Morgan fingerprint density at radius 1 is 1.11 bits per heavy atom. The van der Waals surface area contributed by atoms with E-state index in [1.54, 1.807) is 0 Å². The number of nitrogens with zero attached hydrogens (tertiary/aromatic N) is 2. The summed E-state index contributed by atoms with van der Waals surface area (Å²) in [5, 5.41) is 7.83. The Bertz CT molecular complexity index is 549. The molecule has 0 saturated carbocycles. The van der Waals surface area contributed by atoms with E-state index in [2.05, 4.69) is 48.5 Å². The van der Waals surface area contributed by atoms with Gasteiger partial charge in [-0.2, -0.15) is 5.10 Å². The molecule has 0 aliphatic rings. The Morgan fingerprint density at radius 3 is 2.21 bits per heavy atom. The number of likely N-dealkylation sites (N-methyl/N-ethyl adjacent to an activating group) is 1. The highest BCUT2D eigenvalue weighted by atomic mass is 15.3. The van der Waals surface area contributed by atoms with E-state index in [1.807, 2.05) is 25.7 Å². The van der Waals surface area contributed by atoms with Gasteiger partial charge in [0.1, 0.15) is 0 Å². The maximum atomic E-state index is 4.43.